The Morgan fingerprint density at radius 2 is 1.77 bits per heavy atom. The quantitative estimate of drug-likeness (QED) is 0.595. The second-order valence-corrected chi connectivity index (χ2v) is 9.40. The number of hydrogen-bond acceptors (Lipinski definition) is 5. The molecular weight excluding hydrogens is 330 g/mol. The van der Waals surface area contributed by atoms with E-state index in [0.717, 1.165) is 17.5 Å². The molecule has 0 bridgehead atoms. The predicted molar refractivity (Wildman–Crippen MR) is 104 cm³/mol. The Morgan fingerprint density at radius 1 is 1.12 bits per heavy atom. The third-order valence-electron chi connectivity index (χ3n) is 4.74. The van der Waals surface area contributed by atoms with Gasteiger partial charge in [-0.1, -0.05) is 32.9 Å². The summed E-state index contributed by atoms with van der Waals surface area (Å²) < 4.78 is 5.83. The number of fused-ring (bicyclic) bond motifs is 1. The molecule has 4 N–H and O–H groups in total. The molecule has 1 aliphatic carbocycles. The van der Waals surface area contributed by atoms with Crippen LogP contribution in [0, 0.1) is 5.41 Å². The Bertz CT molecular complexity index is 594. The average molecular weight is 366 g/mol. The number of aliphatic hydroxyl groups is 3. The fourth-order valence-corrected chi connectivity index (χ4v) is 3.90. The fraction of sp³-hybridized carbons (Fsp3) is 0.714. The van der Waals surface area contributed by atoms with Crippen LogP contribution in [0.1, 0.15) is 52.2 Å². The zero-order valence-corrected chi connectivity index (χ0v) is 16.7. The summed E-state index contributed by atoms with van der Waals surface area (Å²) in [6.07, 6.45) is -0.308. The van der Waals surface area contributed by atoms with Crippen LogP contribution in [0.5, 0.6) is 5.75 Å². The van der Waals surface area contributed by atoms with E-state index in [0.29, 0.717) is 25.1 Å². The molecule has 1 aliphatic rings. The molecule has 1 aromatic rings. The van der Waals surface area contributed by atoms with E-state index < -0.39 is 18.3 Å². The maximum atomic E-state index is 10.3. The fourth-order valence-electron chi connectivity index (χ4n) is 3.90. The summed E-state index contributed by atoms with van der Waals surface area (Å²) in [4.78, 5) is 0. The lowest BCUT2D eigenvalue weighted by molar-refractivity contribution is 0.0132. The highest BCUT2D eigenvalue weighted by molar-refractivity contribution is 5.43. The minimum Gasteiger partial charge on any atom is -0.491 e. The maximum Gasteiger partial charge on any atom is 0.123 e. The van der Waals surface area contributed by atoms with E-state index in [1.165, 1.54) is 0 Å². The van der Waals surface area contributed by atoms with Gasteiger partial charge in [-0.3, -0.25) is 0 Å². The lowest BCUT2D eigenvalue weighted by atomic mass is 9.82. The first-order chi connectivity index (χ1) is 12.0. The molecule has 0 aromatic heterocycles. The molecule has 0 aliphatic heterocycles. The van der Waals surface area contributed by atoms with E-state index in [1.54, 1.807) is 0 Å². The van der Waals surface area contributed by atoms with Crippen LogP contribution in [0.25, 0.3) is 0 Å². The number of benzene rings is 1. The van der Waals surface area contributed by atoms with Gasteiger partial charge in [0.2, 0.25) is 0 Å². The number of ether oxygens (including phenoxy) is 1. The van der Waals surface area contributed by atoms with Crippen molar-refractivity contribution in [1.29, 1.82) is 0 Å². The van der Waals surface area contributed by atoms with E-state index in [9.17, 15) is 15.3 Å². The van der Waals surface area contributed by atoms with Crippen molar-refractivity contribution in [2.45, 2.75) is 77.7 Å². The first-order valence-corrected chi connectivity index (χ1v) is 9.50. The van der Waals surface area contributed by atoms with Gasteiger partial charge in [0.25, 0.3) is 0 Å². The maximum absolute atomic E-state index is 10.3. The van der Waals surface area contributed by atoms with Gasteiger partial charge in [-0.15, -0.1) is 0 Å². The Labute approximate surface area is 157 Å². The van der Waals surface area contributed by atoms with Crippen LogP contribution in [-0.2, 0) is 12.8 Å². The summed E-state index contributed by atoms with van der Waals surface area (Å²) in [6.45, 7) is 11.6. The van der Waals surface area contributed by atoms with E-state index in [-0.39, 0.29) is 17.6 Å². The molecule has 0 saturated heterocycles. The Hall–Kier alpha value is -1.14. The molecule has 5 nitrogen and oxygen atoms in total. The highest BCUT2D eigenvalue weighted by Crippen LogP contribution is 2.30. The van der Waals surface area contributed by atoms with E-state index in [1.807, 2.05) is 18.2 Å². The number of nitrogens with one attached hydrogen (secondary N) is 1. The van der Waals surface area contributed by atoms with Crippen molar-refractivity contribution in [1.82, 2.24) is 5.32 Å². The standard InChI is InChI=1S/C21H35NO4/c1-20(2,3)13-21(4,5)22-11-15(23)12-26-19-8-6-7-14-9-17(24)18(25)10-16(14)19/h6-8,15,17-18,22-25H,9-13H2,1-5H3/t15?,17-,18+/m1/s1. The predicted octanol–water partition coefficient (Wildman–Crippen LogP) is 2.05. The van der Waals surface area contributed by atoms with Crippen LogP contribution in [0.2, 0.25) is 0 Å². The topological polar surface area (TPSA) is 82.0 Å². The number of hydrogen-bond donors (Lipinski definition) is 4. The molecule has 0 fully saturated rings. The molecule has 0 spiro atoms. The molecule has 0 heterocycles. The van der Waals surface area contributed by atoms with Crippen LogP contribution in [-0.4, -0.2) is 52.3 Å². The smallest absolute Gasteiger partial charge is 0.123 e. The summed E-state index contributed by atoms with van der Waals surface area (Å²) in [5, 5.41) is 33.5. The second-order valence-electron chi connectivity index (χ2n) is 9.40. The summed E-state index contributed by atoms with van der Waals surface area (Å²) in [5.41, 5.74) is 2.08. The summed E-state index contributed by atoms with van der Waals surface area (Å²) in [6, 6.07) is 5.69. The first-order valence-electron chi connectivity index (χ1n) is 9.50. The molecule has 2 rings (SSSR count). The van der Waals surface area contributed by atoms with E-state index >= 15 is 0 Å². The van der Waals surface area contributed by atoms with Crippen molar-refractivity contribution >= 4 is 0 Å². The summed E-state index contributed by atoms with van der Waals surface area (Å²) >= 11 is 0. The molecule has 5 heteroatoms. The van der Waals surface area contributed by atoms with Crippen molar-refractivity contribution < 1.29 is 20.1 Å². The van der Waals surface area contributed by atoms with Crippen LogP contribution in [0.4, 0.5) is 0 Å². The van der Waals surface area contributed by atoms with Crippen molar-refractivity contribution in [3.8, 4) is 5.75 Å². The molecule has 0 amide bonds. The van der Waals surface area contributed by atoms with Crippen molar-refractivity contribution in [2.75, 3.05) is 13.2 Å². The van der Waals surface area contributed by atoms with Gasteiger partial charge in [-0.25, -0.2) is 0 Å². The molecule has 0 saturated carbocycles. The molecule has 0 radical (unpaired) electrons. The number of rotatable bonds is 7. The molecule has 1 unspecified atom stereocenters. The van der Waals surface area contributed by atoms with E-state index in [4.69, 9.17) is 4.74 Å². The van der Waals surface area contributed by atoms with Crippen molar-refractivity contribution in [3.63, 3.8) is 0 Å². The van der Waals surface area contributed by atoms with Gasteiger partial charge in [0.1, 0.15) is 18.5 Å². The van der Waals surface area contributed by atoms with Crippen LogP contribution in [0.3, 0.4) is 0 Å². The Morgan fingerprint density at radius 3 is 2.42 bits per heavy atom. The number of aliphatic hydroxyl groups excluding tert-OH is 3. The third kappa shape index (κ3) is 6.23. The Kier molecular flexibility index (Phi) is 6.72. The highest BCUT2D eigenvalue weighted by Gasteiger charge is 2.28. The average Bonchev–Trinajstić information content (AvgIpc) is 2.50. The van der Waals surface area contributed by atoms with Crippen molar-refractivity contribution in [3.05, 3.63) is 29.3 Å². The monoisotopic (exact) mass is 365 g/mol. The van der Waals surface area contributed by atoms with Crippen LogP contribution in [0.15, 0.2) is 18.2 Å². The Balaban J connectivity index is 1.88. The molecule has 1 aromatic carbocycles. The summed E-state index contributed by atoms with van der Waals surface area (Å²) in [5.74, 6) is 0.682. The lowest BCUT2D eigenvalue weighted by Gasteiger charge is -2.34. The minimum absolute atomic E-state index is 0.0641. The number of β-amino-alcohol motifs (C(OH)–C–C–N with tert-alkyl or cyclic N) is 1. The van der Waals surface area contributed by atoms with Gasteiger partial charge in [0.15, 0.2) is 0 Å². The zero-order chi connectivity index (χ0) is 19.5. The normalized spacial score (nSPS) is 22.0. The van der Waals surface area contributed by atoms with Gasteiger partial charge in [0, 0.05) is 30.5 Å². The van der Waals surface area contributed by atoms with Gasteiger partial charge >= 0.3 is 0 Å². The summed E-state index contributed by atoms with van der Waals surface area (Å²) in [7, 11) is 0. The molecule has 26 heavy (non-hydrogen) atoms. The van der Waals surface area contributed by atoms with E-state index in [2.05, 4.69) is 39.9 Å². The van der Waals surface area contributed by atoms with Gasteiger partial charge in [0.05, 0.1) is 12.2 Å². The minimum atomic E-state index is -0.767. The molecule has 3 atom stereocenters. The first kappa shape index (κ1) is 21.2. The van der Waals surface area contributed by atoms with Crippen LogP contribution >= 0.6 is 0 Å². The highest BCUT2D eigenvalue weighted by atomic mass is 16.5. The van der Waals surface area contributed by atoms with Crippen molar-refractivity contribution in [2.24, 2.45) is 5.41 Å². The third-order valence-corrected chi connectivity index (χ3v) is 4.74. The second kappa shape index (κ2) is 8.26. The lowest BCUT2D eigenvalue weighted by Crippen LogP contribution is -2.46. The largest absolute Gasteiger partial charge is 0.491 e. The van der Waals surface area contributed by atoms with Gasteiger partial charge in [-0.2, -0.15) is 0 Å². The van der Waals surface area contributed by atoms with Gasteiger partial charge in [-0.05, 0) is 37.3 Å². The molecular formula is C21H35NO4. The van der Waals surface area contributed by atoms with Crippen LogP contribution < -0.4 is 10.1 Å². The SMILES string of the molecule is CC(C)(C)CC(C)(C)NCC(O)COc1cccc2c1C[C@H](O)[C@H](O)C2. The molecule has 148 valence electrons. The zero-order valence-electron chi connectivity index (χ0n) is 16.7. The van der Waals surface area contributed by atoms with Gasteiger partial charge < -0.3 is 25.4 Å².